The van der Waals surface area contributed by atoms with Crippen molar-refractivity contribution in [1.29, 1.82) is 0 Å². The molecule has 5 aromatic carbocycles. The number of aryl methyl sites for hydroxylation is 2. The first-order valence-corrected chi connectivity index (χ1v) is 16.4. The van der Waals surface area contributed by atoms with E-state index in [9.17, 15) is 30.0 Å². The summed E-state index contributed by atoms with van der Waals surface area (Å²) in [7, 11) is 0. The third kappa shape index (κ3) is 9.89. The minimum atomic E-state index is -0.342. The number of ketones is 2. The standard InChI is InChI=1S/C23H22O4.C19H22O4/c1-2-6-18-13-20(22(25)14-21(18)24)23(26)15-27-19-11-9-17(10-12-19)16-7-4-3-5-8-16;1-12-9-15(17(21)10-16(12)20)18(22)11-23-14-7-5-13(6-8-14)19(2,3)4/h3-5,7-14,24-25H,2,6,15H2,1H3;5-10,20-21H,11H2,1-4H3. The summed E-state index contributed by atoms with van der Waals surface area (Å²) < 4.78 is 11.1. The number of phenolic OH excluding ortho intramolecular Hbond substituents is 4. The first kappa shape index (κ1) is 37.1. The molecule has 0 fully saturated rings. The molecule has 4 N–H and O–H groups in total. The Labute approximate surface area is 293 Å². The van der Waals surface area contributed by atoms with Crippen molar-refractivity contribution in [2.45, 2.75) is 52.9 Å². The molecule has 8 nitrogen and oxygen atoms in total. The molecule has 8 heteroatoms. The SMILES string of the molecule is CCCc1cc(C(=O)COc2ccc(-c3ccccc3)cc2)c(O)cc1O.Cc1cc(C(=O)COc2ccc(C(C)(C)C)cc2)c(O)cc1O. The third-order valence-electron chi connectivity index (χ3n) is 8.05. The van der Waals surface area contributed by atoms with Crippen molar-refractivity contribution in [3.8, 4) is 45.6 Å². The molecule has 50 heavy (non-hydrogen) atoms. The van der Waals surface area contributed by atoms with Crippen molar-refractivity contribution in [2.24, 2.45) is 0 Å². The van der Waals surface area contributed by atoms with Crippen LogP contribution in [0.3, 0.4) is 0 Å². The van der Waals surface area contributed by atoms with Crippen LogP contribution >= 0.6 is 0 Å². The van der Waals surface area contributed by atoms with Crippen molar-refractivity contribution in [3.63, 3.8) is 0 Å². The second kappa shape index (κ2) is 16.6. The van der Waals surface area contributed by atoms with Crippen LogP contribution in [0.25, 0.3) is 11.1 Å². The van der Waals surface area contributed by atoms with E-state index >= 15 is 0 Å². The molecule has 0 aromatic heterocycles. The lowest BCUT2D eigenvalue weighted by Crippen LogP contribution is -2.13. The summed E-state index contributed by atoms with van der Waals surface area (Å²) in [6.45, 7) is 9.67. The average molecular weight is 677 g/mol. The number of aromatic hydroxyl groups is 4. The molecule has 0 aliphatic heterocycles. The van der Waals surface area contributed by atoms with Crippen LogP contribution in [-0.2, 0) is 11.8 Å². The largest absolute Gasteiger partial charge is 0.508 e. The van der Waals surface area contributed by atoms with Crippen molar-refractivity contribution in [2.75, 3.05) is 13.2 Å². The zero-order valence-electron chi connectivity index (χ0n) is 29.1. The Bertz CT molecular complexity index is 1910. The van der Waals surface area contributed by atoms with E-state index in [1.165, 1.54) is 23.8 Å². The van der Waals surface area contributed by atoms with Gasteiger partial charge in [0.2, 0.25) is 11.6 Å². The van der Waals surface area contributed by atoms with E-state index in [1.807, 2.05) is 85.8 Å². The van der Waals surface area contributed by atoms with Gasteiger partial charge >= 0.3 is 0 Å². The van der Waals surface area contributed by atoms with Crippen molar-refractivity contribution < 1.29 is 39.5 Å². The van der Waals surface area contributed by atoms with E-state index in [1.54, 1.807) is 13.0 Å². The summed E-state index contributed by atoms with van der Waals surface area (Å²) in [6.07, 6.45) is 1.46. The fraction of sp³-hybridized carbons (Fsp3) is 0.238. The van der Waals surface area contributed by atoms with Gasteiger partial charge in [-0.2, -0.15) is 0 Å². The van der Waals surface area contributed by atoms with Gasteiger partial charge in [-0.1, -0.05) is 88.7 Å². The fourth-order valence-corrected chi connectivity index (χ4v) is 5.10. The minimum Gasteiger partial charge on any atom is -0.508 e. The Morgan fingerprint density at radius 2 is 1.08 bits per heavy atom. The van der Waals surface area contributed by atoms with E-state index in [0.717, 1.165) is 17.5 Å². The number of Topliss-reactive ketones (excluding diaryl/α,β-unsaturated/α-hetero) is 2. The third-order valence-corrected chi connectivity index (χ3v) is 8.05. The molecule has 260 valence electrons. The highest BCUT2D eigenvalue weighted by Gasteiger charge is 2.17. The molecule has 0 spiro atoms. The molecular weight excluding hydrogens is 632 g/mol. The highest BCUT2D eigenvalue weighted by molar-refractivity contribution is 6.00. The van der Waals surface area contributed by atoms with Crippen LogP contribution < -0.4 is 9.47 Å². The monoisotopic (exact) mass is 676 g/mol. The number of benzene rings is 5. The summed E-state index contributed by atoms with van der Waals surface area (Å²) in [5.74, 6) is -0.0230. The number of hydrogen-bond donors (Lipinski definition) is 4. The van der Waals surface area contributed by atoms with Crippen LogP contribution in [-0.4, -0.2) is 45.2 Å². The predicted octanol–water partition coefficient (Wildman–Crippen LogP) is 8.94. The molecule has 0 aliphatic carbocycles. The van der Waals surface area contributed by atoms with Gasteiger partial charge in [0, 0.05) is 12.1 Å². The lowest BCUT2D eigenvalue weighted by molar-refractivity contribution is 0.0911. The summed E-state index contributed by atoms with van der Waals surface area (Å²) >= 11 is 0. The van der Waals surface area contributed by atoms with Crippen LogP contribution in [0.1, 0.15) is 71.5 Å². The summed E-state index contributed by atoms with van der Waals surface area (Å²) in [5, 5.41) is 39.1. The number of ether oxygens (including phenoxy) is 2. The average Bonchev–Trinajstić information content (AvgIpc) is 3.09. The summed E-state index contributed by atoms with van der Waals surface area (Å²) in [6, 6.07) is 30.5. The number of carbonyl (C=O) groups is 2. The van der Waals surface area contributed by atoms with E-state index in [4.69, 9.17) is 9.47 Å². The Kier molecular flexibility index (Phi) is 12.3. The normalized spacial score (nSPS) is 10.9. The zero-order chi connectivity index (χ0) is 36.4. The molecule has 0 amide bonds. The second-order valence-electron chi connectivity index (χ2n) is 13.0. The van der Waals surface area contributed by atoms with Crippen molar-refractivity contribution >= 4 is 11.6 Å². The Morgan fingerprint density at radius 1 is 0.600 bits per heavy atom. The first-order valence-electron chi connectivity index (χ1n) is 16.4. The van der Waals surface area contributed by atoms with Crippen LogP contribution in [0.4, 0.5) is 0 Å². The van der Waals surface area contributed by atoms with Gasteiger partial charge in [0.1, 0.15) is 34.5 Å². The summed E-state index contributed by atoms with van der Waals surface area (Å²) in [4.78, 5) is 24.6. The number of carbonyl (C=O) groups excluding carboxylic acids is 2. The molecular formula is C42H44O8. The Morgan fingerprint density at radius 3 is 1.60 bits per heavy atom. The molecule has 0 heterocycles. The van der Waals surface area contributed by atoms with Gasteiger partial charge in [-0.25, -0.2) is 0 Å². The fourth-order valence-electron chi connectivity index (χ4n) is 5.10. The number of rotatable bonds is 11. The zero-order valence-corrected chi connectivity index (χ0v) is 29.1. The topological polar surface area (TPSA) is 134 Å². The molecule has 5 rings (SSSR count). The molecule has 0 aliphatic rings. The lowest BCUT2D eigenvalue weighted by atomic mass is 9.87. The Balaban J connectivity index is 0.000000228. The maximum atomic E-state index is 12.4. The number of phenols is 4. The molecule has 0 bridgehead atoms. The number of hydrogen-bond acceptors (Lipinski definition) is 8. The maximum Gasteiger partial charge on any atom is 0.203 e. The van der Waals surface area contributed by atoms with Gasteiger partial charge in [-0.3, -0.25) is 9.59 Å². The van der Waals surface area contributed by atoms with Crippen LogP contribution in [0.2, 0.25) is 0 Å². The van der Waals surface area contributed by atoms with E-state index < -0.39 is 0 Å². The smallest absolute Gasteiger partial charge is 0.203 e. The summed E-state index contributed by atoms with van der Waals surface area (Å²) in [5.41, 5.74) is 4.90. The Hall–Kier alpha value is -5.76. The second-order valence-corrected chi connectivity index (χ2v) is 13.0. The van der Waals surface area contributed by atoms with Gasteiger partial charge in [0.25, 0.3) is 0 Å². The molecule has 0 atom stereocenters. The van der Waals surface area contributed by atoms with E-state index in [-0.39, 0.29) is 64.3 Å². The lowest BCUT2D eigenvalue weighted by Gasteiger charge is -2.19. The quantitative estimate of drug-likeness (QED) is 0.102. The molecule has 0 saturated heterocycles. The molecule has 5 aromatic rings. The predicted molar refractivity (Wildman–Crippen MR) is 195 cm³/mol. The molecule has 0 radical (unpaired) electrons. The van der Waals surface area contributed by atoms with Gasteiger partial charge in [-0.15, -0.1) is 0 Å². The van der Waals surface area contributed by atoms with Gasteiger partial charge in [0.05, 0.1) is 11.1 Å². The van der Waals surface area contributed by atoms with Gasteiger partial charge in [0.15, 0.2) is 13.2 Å². The minimum absolute atomic E-state index is 0.00307. The van der Waals surface area contributed by atoms with Crippen LogP contribution in [0.5, 0.6) is 34.5 Å². The maximum absolute atomic E-state index is 12.4. The highest BCUT2D eigenvalue weighted by atomic mass is 16.5. The van der Waals surface area contributed by atoms with Crippen LogP contribution in [0, 0.1) is 6.92 Å². The van der Waals surface area contributed by atoms with Crippen molar-refractivity contribution in [1.82, 2.24) is 0 Å². The van der Waals surface area contributed by atoms with E-state index in [0.29, 0.717) is 29.0 Å². The highest BCUT2D eigenvalue weighted by Crippen LogP contribution is 2.30. The van der Waals surface area contributed by atoms with Gasteiger partial charge < -0.3 is 29.9 Å². The molecule has 0 unspecified atom stereocenters. The van der Waals surface area contributed by atoms with Crippen LogP contribution in [0.15, 0.2) is 103 Å². The van der Waals surface area contributed by atoms with Crippen molar-refractivity contribution in [3.05, 3.63) is 131 Å². The first-order chi connectivity index (χ1) is 23.8. The molecule has 0 saturated carbocycles. The van der Waals surface area contributed by atoms with E-state index in [2.05, 4.69) is 20.8 Å². The van der Waals surface area contributed by atoms with Gasteiger partial charge in [-0.05, 0) is 83.0 Å².